The zero-order valence-corrected chi connectivity index (χ0v) is 9.25. The van der Waals surface area contributed by atoms with Gasteiger partial charge in [0.05, 0.1) is 5.69 Å². The number of hydrogen-bond donors (Lipinski definition) is 1. The molecule has 5 nitrogen and oxygen atoms in total. The molecule has 0 saturated carbocycles. The van der Waals surface area contributed by atoms with Gasteiger partial charge in [-0.25, -0.2) is 4.79 Å². The molecule has 0 aliphatic rings. The van der Waals surface area contributed by atoms with E-state index in [1.165, 1.54) is 12.3 Å². The van der Waals surface area contributed by atoms with E-state index in [1.54, 1.807) is 12.1 Å². The van der Waals surface area contributed by atoms with Crippen LogP contribution in [0.25, 0.3) is 0 Å². The van der Waals surface area contributed by atoms with E-state index in [1.807, 2.05) is 13.8 Å². The van der Waals surface area contributed by atoms with E-state index in [0.717, 1.165) is 0 Å². The van der Waals surface area contributed by atoms with Gasteiger partial charge in [-0.3, -0.25) is 4.98 Å². The van der Waals surface area contributed by atoms with E-state index in [2.05, 4.69) is 10.2 Å². The van der Waals surface area contributed by atoms with Crippen LogP contribution < -0.4 is 0 Å². The lowest BCUT2D eigenvalue weighted by Gasteiger charge is -2.22. The van der Waals surface area contributed by atoms with Crippen LogP contribution in [0.5, 0.6) is 0 Å². The third-order valence-electron chi connectivity index (χ3n) is 2.30. The summed E-state index contributed by atoms with van der Waals surface area (Å²) in [6, 6.07) is 4.82. The third kappa shape index (κ3) is 2.24. The second-order valence-electron chi connectivity index (χ2n) is 4.07. The van der Waals surface area contributed by atoms with Crippen molar-refractivity contribution in [2.75, 3.05) is 0 Å². The molecule has 0 aliphatic carbocycles. The maximum Gasteiger partial charge on any atom is 0.341 e. The Kier molecular flexibility index (Phi) is 3.71. The topological polar surface area (TPSA) is 79.6 Å². The Balaban J connectivity index is 3.23. The number of nitrogens with zero attached hydrogens (tertiary/aromatic N) is 2. The van der Waals surface area contributed by atoms with E-state index in [-0.39, 0.29) is 18.0 Å². The molecule has 1 rings (SSSR count). The molecule has 0 fully saturated rings. The fourth-order valence-electron chi connectivity index (χ4n) is 1.62. The predicted molar refractivity (Wildman–Crippen MR) is 58.8 cm³/mol. The Morgan fingerprint density at radius 1 is 1.56 bits per heavy atom. The molecule has 16 heavy (non-hydrogen) atoms. The molecule has 0 spiro atoms. The monoisotopic (exact) mass is 222 g/mol. The van der Waals surface area contributed by atoms with Crippen LogP contribution in [0, 0.1) is 10.8 Å². The first kappa shape index (κ1) is 12.3. The van der Waals surface area contributed by atoms with Crippen molar-refractivity contribution in [2.45, 2.75) is 25.8 Å². The molecule has 1 aromatic rings. The van der Waals surface area contributed by atoms with Crippen LogP contribution in [0.15, 0.2) is 29.6 Å². The molecule has 0 aliphatic heterocycles. The van der Waals surface area contributed by atoms with Gasteiger partial charge in [0.2, 0.25) is 5.54 Å². The number of hydrogen-bond acceptors (Lipinski definition) is 4. The van der Waals surface area contributed by atoms with Crippen LogP contribution in [0.2, 0.25) is 0 Å². The fraction of sp³-hybridized carbons (Fsp3) is 0.455. The number of carbonyl (C=O) groups is 1. The molecule has 1 atom stereocenters. The predicted octanol–water partition coefficient (Wildman–Crippen LogP) is 2.17. The van der Waals surface area contributed by atoms with Gasteiger partial charge in [-0.2, -0.15) is 0 Å². The minimum Gasteiger partial charge on any atom is -0.479 e. The molecule has 0 saturated heterocycles. The van der Waals surface area contributed by atoms with Gasteiger partial charge in [0.25, 0.3) is 0 Å². The molecular weight excluding hydrogens is 208 g/mol. The van der Waals surface area contributed by atoms with Crippen molar-refractivity contribution in [3.63, 3.8) is 0 Å². The molecule has 1 aromatic heterocycles. The number of aromatic nitrogens is 1. The fourth-order valence-corrected chi connectivity index (χ4v) is 1.62. The Labute approximate surface area is 93.5 Å². The van der Waals surface area contributed by atoms with Gasteiger partial charge in [-0.1, -0.05) is 19.9 Å². The van der Waals surface area contributed by atoms with Gasteiger partial charge in [-0.15, -0.1) is 4.91 Å². The first-order valence-corrected chi connectivity index (χ1v) is 5.02. The molecule has 0 bridgehead atoms. The highest BCUT2D eigenvalue weighted by Crippen LogP contribution is 2.31. The van der Waals surface area contributed by atoms with Crippen LogP contribution in [0.4, 0.5) is 0 Å². The average Bonchev–Trinajstić information content (AvgIpc) is 2.26. The van der Waals surface area contributed by atoms with Gasteiger partial charge in [0.1, 0.15) is 0 Å². The van der Waals surface area contributed by atoms with Crippen molar-refractivity contribution >= 4 is 5.97 Å². The molecule has 1 heterocycles. The summed E-state index contributed by atoms with van der Waals surface area (Å²) in [7, 11) is 0. The van der Waals surface area contributed by atoms with Crippen molar-refractivity contribution in [3.8, 4) is 0 Å². The summed E-state index contributed by atoms with van der Waals surface area (Å²) in [5.74, 6) is -1.22. The maximum absolute atomic E-state index is 11.3. The largest absolute Gasteiger partial charge is 0.479 e. The highest BCUT2D eigenvalue weighted by Gasteiger charge is 2.44. The van der Waals surface area contributed by atoms with Gasteiger partial charge in [0, 0.05) is 6.20 Å². The lowest BCUT2D eigenvalue weighted by atomic mass is 9.86. The smallest absolute Gasteiger partial charge is 0.341 e. The summed E-state index contributed by atoms with van der Waals surface area (Å²) in [6.07, 6.45) is 1.60. The van der Waals surface area contributed by atoms with Crippen molar-refractivity contribution in [1.29, 1.82) is 0 Å². The van der Waals surface area contributed by atoms with E-state index in [4.69, 9.17) is 0 Å². The summed E-state index contributed by atoms with van der Waals surface area (Å²) in [5, 5.41) is 12.0. The first-order valence-electron chi connectivity index (χ1n) is 5.02. The third-order valence-corrected chi connectivity index (χ3v) is 2.30. The normalized spacial score (nSPS) is 14.4. The van der Waals surface area contributed by atoms with E-state index in [0.29, 0.717) is 0 Å². The van der Waals surface area contributed by atoms with Crippen LogP contribution >= 0.6 is 0 Å². The number of nitroso groups, excluding NO2 is 1. The molecular formula is C11H14N2O3. The Morgan fingerprint density at radius 2 is 2.25 bits per heavy atom. The van der Waals surface area contributed by atoms with Crippen LogP contribution in [-0.2, 0) is 10.3 Å². The standard InChI is InChI=1S/C11H14N2O3/c1-8(2)7-11(13-16,10(14)15)9-5-3-4-6-12-9/h3-6,8H,7H2,1-2H3,(H,14,15). The minimum atomic E-state index is -1.77. The van der Waals surface area contributed by atoms with Gasteiger partial charge in [-0.05, 0) is 29.6 Å². The highest BCUT2D eigenvalue weighted by atomic mass is 16.4. The maximum atomic E-state index is 11.3. The molecule has 0 aromatic carbocycles. The van der Waals surface area contributed by atoms with Gasteiger partial charge in [0.15, 0.2) is 0 Å². The molecule has 1 N–H and O–H groups in total. The molecule has 86 valence electrons. The summed E-state index contributed by atoms with van der Waals surface area (Å²) < 4.78 is 0. The van der Waals surface area contributed by atoms with E-state index < -0.39 is 11.5 Å². The van der Waals surface area contributed by atoms with Crippen molar-refractivity contribution in [1.82, 2.24) is 4.98 Å². The van der Waals surface area contributed by atoms with Crippen molar-refractivity contribution < 1.29 is 9.90 Å². The number of aliphatic carboxylic acids is 1. The van der Waals surface area contributed by atoms with Crippen molar-refractivity contribution in [3.05, 3.63) is 35.0 Å². The molecule has 0 amide bonds. The second-order valence-corrected chi connectivity index (χ2v) is 4.07. The van der Waals surface area contributed by atoms with Gasteiger partial charge >= 0.3 is 5.97 Å². The summed E-state index contributed by atoms with van der Waals surface area (Å²) in [4.78, 5) is 26.1. The van der Waals surface area contributed by atoms with Crippen LogP contribution in [0.1, 0.15) is 26.0 Å². The molecule has 5 heteroatoms. The SMILES string of the molecule is CC(C)CC(N=O)(C(=O)O)c1ccccn1. The highest BCUT2D eigenvalue weighted by molar-refractivity contribution is 5.80. The summed E-state index contributed by atoms with van der Waals surface area (Å²) in [5.41, 5.74) is -1.58. The van der Waals surface area contributed by atoms with E-state index >= 15 is 0 Å². The van der Waals surface area contributed by atoms with Crippen molar-refractivity contribution in [2.24, 2.45) is 11.1 Å². The Bertz CT molecular complexity index is 378. The minimum absolute atomic E-state index is 0.0378. The molecule has 0 radical (unpaired) electrons. The summed E-state index contributed by atoms with van der Waals surface area (Å²) in [6.45, 7) is 3.68. The molecule has 1 unspecified atom stereocenters. The number of pyridine rings is 1. The number of rotatable bonds is 5. The van der Waals surface area contributed by atoms with Crippen LogP contribution in [-0.4, -0.2) is 16.1 Å². The van der Waals surface area contributed by atoms with E-state index in [9.17, 15) is 14.8 Å². The summed E-state index contributed by atoms with van der Waals surface area (Å²) >= 11 is 0. The second kappa shape index (κ2) is 4.83. The zero-order chi connectivity index (χ0) is 12.2. The van der Waals surface area contributed by atoms with Gasteiger partial charge < -0.3 is 5.11 Å². The quantitative estimate of drug-likeness (QED) is 0.774. The number of carboxylic acid groups (broad SMARTS) is 1. The first-order chi connectivity index (χ1) is 7.53. The zero-order valence-electron chi connectivity index (χ0n) is 9.25. The Hall–Kier alpha value is -1.78. The van der Waals surface area contributed by atoms with Crippen LogP contribution in [0.3, 0.4) is 0 Å². The Morgan fingerprint density at radius 3 is 2.62 bits per heavy atom. The number of carboxylic acids is 1. The average molecular weight is 222 g/mol. The lowest BCUT2D eigenvalue weighted by Crippen LogP contribution is -2.35. The lowest BCUT2D eigenvalue weighted by molar-refractivity contribution is -0.144.